The number of aromatic nitrogens is 4. The summed E-state index contributed by atoms with van der Waals surface area (Å²) in [6.07, 6.45) is 1.19. The molecule has 6 heteroatoms. The summed E-state index contributed by atoms with van der Waals surface area (Å²) in [5.74, 6) is 0.192. The maximum atomic E-state index is 10.8. The fourth-order valence-corrected chi connectivity index (χ4v) is 0.690. The highest BCUT2D eigenvalue weighted by Gasteiger charge is 2.10. The lowest BCUT2D eigenvalue weighted by atomic mass is 10.3. The SMILES string of the molecule is C=CC(=O)NC(C)c1nn[nH]n1. The van der Waals surface area contributed by atoms with E-state index in [1.165, 1.54) is 6.08 Å². The standard InChI is InChI=1S/C6H9N5O/c1-3-5(12)7-4(2)6-8-10-11-9-6/h3-4H,1H2,2H3,(H,7,12)(H,8,9,10,11). The van der Waals surface area contributed by atoms with Gasteiger partial charge in [0.25, 0.3) is 0 Å². The Labute approximate surface area is 69.1 Å². The third kappa shape index (κ3) is 1.88. The summed E-state index contributed by atoms with van der Waals surface area (Å²) in [5.41, 5.74) is 0. The monoisotopic (exact) mass is 167 g/mol. The lowest BCUT2D eigenvalue weighted by molar-refractivity contribution is -0.117. The Hall–Kier alpha value is -1.72. The van der Waals surface area contributed by atoms with Crippen LogP contribution in [-0.2, 0) is 4.79 Å². The van der Waals surface area contributed by atoms with Crippen LogP contribution in [0.4, 0.5) is 0 Å². The van der Waals surface area contributed by atoms with Crippen LogP contribution in [0.5, 0.6) is 0 Å². The molecule has 1 amide bonds. The first-order valence-corrected chi connectivity index (χ1v) is 3.40. The van der Waals surface area contributed by atoms with Crippen LogP contribution < -0.4 is 5.32 Å². The summed E-state index contributed by atoms with van der Waals surface area (Å²) in [6.45, 7) is 5.07. The van der Waals surface area contributed by atoms with Crippen molar-refractivity contribution in [2.75, 3.05) is 0 Å². The van der Waals surface area contributed by atoms with Crippen molar-refractivity contribution >= 4 is 5.91 Å². The minimum absolute atomic E-state index is 0.255. The molecule has 0 radical (unpaired) electrons. The van der Waals surface area contributed by atoms with E-state index in [0.29, 0.717) is 5.82 Å². The largest absolute Gasteiger partial charge is 0.343 e. The molecule has 0 bridgehead atoms. The molecule has 1 atom stereocenters. The van der Waals surface area contributed by atoms with Crippen molar-refractivity contribution in [2.24, 2.45) is 0 Å². The number of hydrogen-bond donors (Lipinski definition) is 2. The first-order valence-electron chi connectivity index (χ1n) is 3.40. The topological polar surface area (TPSA) is 83.6 Å². The van der Waals surface area contributed by atoms with Crippen molar-refractivity contribution in [3.8, 4) is 0 Å². The van der Waals surface area contributed by atoms with Gasteiger partial charge in [0, 0.05) is 0 Å². The molecule has 1 unspecified atom stereocenters. The van der Waals surface area contributed by atoms with Crippen LogP contribution in [0.15, 0.2) is 12.7 Å². The molecule has 0 fully saturated rings. The van der Waals surface area contributed by atoms with Gasteiger partial charge in [0.15, 0.2) is 5.82 Å². The minimum Gasteiger partial charge on any atom is -0.343 e. The van der Waals surface area contributed by atoms with E-state index in [-0.39, 0.29) is 11.9 Å². The quantitative estimate of drug-likeness (QED) is 0.598. The number of carbonyl (C=O) groups is 1. The van der Waals surface area contributed by atoms with Gasteiger partial charge in [0.05, 0.1) is 6.04 Å². The van der Waals surface area contributed by atoms with Gasteiger partial charge in [-0.15, -0.1) is 10.2 Å². The summed E-state index contributed by atoms with van der Waals surface area (Å²) >= 11 is 0. The molecule has 1 aromatic heterocycles. The maximum absolute atomic E-state index is 10.8. The highest BCUT2D eigenvalue weighted by molar-refractivity contribution is 5.87. The Morgan fingerprint density at radius 1 is 1.83 bits per heavy atom. The van der Waals surface area contributed by atoms with Crippen LogP contribution in [0.2, 0.25) is 0 Å². The highest BCUT2D eigenvalue weighted by Crippen LogP contribution is 2.01. The second-order valence-corrected chi connectivity index (χ2v) is 2.20. The van der Waals surface area contributed by atoms with Gasteiger partial charge in [-0.1, -0.05) is 11.8 Å². The smallest absolute Gasteiger partial charge is 0.243 e. The lowest BCUT2D eigenvalue weighted by Gasteiger charge is -2.06. The Morgan fingerprint density at radius 2 is 2.58 bits per heavy atom. The van der Waals surface area contributed by atoms with Gasteiger partial charge in [0.2, 0.25) is 5.91 Å². The van der Waals surface area contributed by atoms with Crippen LogP contribution in [0.1, 0.15) is 18.8 Å². The number of amides is 1. The normalized spacial score (nSPS) is 12.1. The van der Waals surface area contributed by atoms with E-state index < -0.39 is 0 Å². The Bertz CT molecular complexity index is 267. The Kier molecular flexibility index (Phi) is 2.52. The molecule has 0 saturated heterocycles. The summed E-state index contributed by atoms with van der Waals surface area (Å²) in [6, 6.07) is -0.255. The van der Waals surface area contributed by atoms with Crippen LogP contribution >= 0.6 is 0 Å². The van der Waals surface area contributed by atoms with E-state index in [2.05, 4.69) is 32.5 Å². The first-order chi connectivity index (χ1) is 5.74. The van der Waals surface area contributed by atoms with Gasteiger partial charge in [0.1, 0.15) is 0 Å². The second-order valence-electron chi connectivity index (χ2n) is 2.20. The van der Waals surface area contributed by atoms with Crippen molar-refractivity contribution < 1.29 is 4.79 Å². The van der Waals surface area contributed by atoms with Crippen LogP contribution in [0, 0.1) is 0 Å². The molecule has 64 valence electrons. The number of rotatable bonds is 3. The molecule has 0 aliphatic heterocycles. The fourth-order valence-electron chi connectivity index (χ4n) is 0.690. The molecular formula is C6H9N5O. The summed E-state index contributed by atoms with van der Waals surface area (Å²) < 4.78 is 0. The zero-order chi connectivity index (χ0) is 8.97. The first kappa shape index (κ1) is 8.38. The van der Waals surface area contributed by atoms with Gasteiger partial charge in [-0.05, 0) is 13.0 Å². The molecule has 12 heavy (non-hydrogen) atoms. The van der Waals surface area contributed by atoms with Gasteiger partial charge in [-0.3, -0.25) is 4.79 Å². The number of hydrogen-bond acceptors (Lipinski definition) is 4. The van der Waals surface area contributed by atoms with Gasteiger partial charge in [-0.25, -0.2) is 0 Å². The molecule has 1 rings (SSSR count). The van der Waals surface area contributed by atoms with E-state index in [9.17, 15) is 4.79 Å². The van der Waals surface area contributed by atoms with Crippen molar-refractivity contribution in [1.82, 2.24) is 25.9 Å². The fraction of sp³-hybridized carbons (Fsp3) is 0.333. The average molecular weight is 167 g/mol. The van der Waals surface area contributed by atoms with Gasteiger partial charge < -0.3 is 5.32 Å². The number of nitrogens with one attached hydrogen (secondary N) is 2. The number of carbonyl (C=O) groups excluding carboxylic acids is 1. The molecular weight excluding hydrogens is 158 g/mol. The number of nitrogens with zero attached hydrogens (tertiary/aromatic N) is 3. The van der Waals surface area contributed by atoms with Crippen LogP contribution in [0.25, 0.3) is 0 Å². The van der Waals surface area contributed by atoms with Crippen molar-refractivity contribution in [1.29, 1.82) is 0 Å². The zero-order valence-electron chi connectivity index (χ0n) is 6.61. The van der Waals surface area contributed by atoms with Crippen molar-refractivity contribution in [2.45, 2.75) is 13.0 Å². The predicted molar refractivity (Wildman–Crippen MR) is 40.9 cm³/mol. The lowest BCUT2D eigenvalue weighted by Crippen LogP contribution is -2.25. The third-order valence-corrected chi connectivity index (χ3v) is 1.29. The second kappa shape index (κ2) is 3.61. The van der Waals surface area contributed by atoms with E-state index in [4.69, 9.17) is 0 Å². The zero-order valence-corrected chi connectivity index (χ0v) is 6.61. The molecule has 0 spiro atoms. The van der Waals surface area contributed by atoms with Crippen molar-refractivity contribution in [3.63, 3.8) is 0 Å². The maximum Gasteiger partial charge on any atom is 0.243 e. The molecule has 1 aromatic rings. The molecule has 0 aromatic carbocycles. The molecule has 6 nitrogen and oxygen atoms in total. The summed E-state index contributed by atoms with van der Waals surface area (Å²) in [7, 11) is 0. The van der Waals surface area contributed by atoms with Crippen LogP contribution in [-0.4, -0.2) is 26.5 Å². The average Bonchev–Trinajstić information content (AvgIpc) is 2.56. The van der Waals surface area contributed by atoms with E-state index in [1.807, 2.05) is 0 Å². The minimum atomic E-state index is -0.257. The van der Waals surface area contributed by atoms with Gasteiger partial charge >= 0.3 is 0 Å². The number of aromatic amines is 1. The molecule has 0 saturated carbocycles. The van der Waals surface area contributed by atoms with Crippen molar-refractivity contribution in [3.05, 3.63) is 18.5 Å². The molecule has 0 aliphatic carbocycles. The number of H-pyrrole nitrogens is 1. The molecule has 0 aliphatic rings. The summed E-state index contributed by atoms with van der Waals surface area (Å²) in [4.78, 5) is 10.8. The number of tetrazole rings is 1. The highest BCUT2D eigenvalue weighted by atomic mass is 16.1. The van der Waals surface area contributed by atoms with Gasteiger partial charge in [-0.2, -0.15) is 5.21 Å². The summed E-state index contributed by atoms with van der Waals surface area (Å²) in [5, 5.41) is 15.7. The third-order valence-electron chi connectivity index (χ3n) is 1.29. The van der Waals surface area contributed by atoms with E-state index in [1.54, 1.807) is 6.92 Å². The molecule has 2 N–H and O–H groups in total. The molecule has 1 heterocycles. The van der Waals surface area contributed by atoms with E-state index >= 15 is 0 Å². The Balaban J connectivity index is 2.55. The predicted octanol–water partition coefficient (Wildman–Crippen LogP) is -0.437. The van der Waals surface area contributed by atoms with Crippen LogP contribution in [0.3, 0.4) is 0 Å². The van der Waals surface area contributed by atoms with E-state index in [0.717, 1.165) is 0 Å². The Morgan fingerprint density at radius 3 is 3.08 bits per heavy atom.